The van der Waals surface area contributed by atoms with Gasteiger partial charge in [0.1, 0.15) is 17.3 Å². The predicted molar refractivity (Wildman–Crippen MR) is 79.6 cm³/mol. The second-order valence-electron chi connectivity index (χ2n) is 6.39. The molecule has 2 atom stereocenters. The second-order valence-corrected chi connectivity index (χ2v) is 6.39. The lowest BCUT2D eigenvalue weighted by molar-refractivity contribution is -0.294. The van der Waals surface area contributed by atoms with Crippen LogP contribution in [0.3, 0.4) is 0 Å². The van der Waals surface area contributed by atoms with Crippen LogP contribution in [0.25, 0.3) is 0 Å². The molecule has 4 nitrogen and oxygen atoms in total. The molecule has 0 radical (unpaired) electrons. The van der Waals surface area contributed by atoms with Crippen molar-refractivity contribution in [3.05, 3.63) is 58.4 Å². The zero-order valence-corrected chi connectivity index (χ0v) is 13.4. The molecule has 0 aromatic heterocycles. The van der Waals surface area contributed by atoms with E-state index in [-0.39, 0.29) is 11.3 Å². The lowest BCUT2D eigenvalue weighted by Gasteiger charge is -2.31. The zero-order chi connectivity index (χ0) is 20.6. The van der Waals surface area contributed by atoms with Gasteiger partial charge < -0.3 is 9.84 Å². The molecule has 0 amide bonds. The van der Waals surface area contributed by atoms with Crippen molar-refractivity contribution >= 4 is 5.78 Å². The molecular formula is C18H7F6NO3. The first-order valence-corrected chi connectivity index (χ1v) is 7.69. The summed E-state index contributed by atoms with van der Waals surface area (Å²) >= 11 is 0. The maximum Gasteiger partial charge on any atom is 0.350 e. The van der Waals surface area contributed by atoms with Crippen LogP contribution < -0.4 is 4.74 Å². The monoisotopic (exact) mass is 399 g/mol. The van der Waals surface area contributed by atoms with E-state index in [2.05, 4.69) is 0 Å². The molecule has 4 rings (SSSR count). The number of hydrogen-bond acceptors (Lipinski definition) is 4. The topological polar surface area (TPSA) is 70.3 Å². The van der Waals surface area contributed by atoms with E-state index in [9.17, 15) is 36.2 Å². The Hall–Kier alpha value is -3.06. The number of alkyl halides is 5. The quantitative estimate of drug-likeness (QED) is 0.777. The molecule has 2 unspecified atom stereocenters. The van der Waals surface area contributed by atoms with Crippen LogP contribution in [0.4, 0.5) is 26.3 Å². The van der Waals surface area contributed by atoms with Gasteiger partial charge in [0, 0.05) is 17.2 Å². The zero-order valence-electron chi connectivity index (χ0n) is 13.4. The second kappa shape index (κ2) is 5.26. The fourth-order valence-electron chi connectivity index (χ4n) is 3.55. The summed E-state index contributed by atoms with van der Waals surface area (Å²) in [5.74, 6) is -13.8. The van der Waals surface area contributed by atoms with Crippen molar-refractivity contribution in [2.75, 3.05) is 0 Å². The van der Waals surface area contributed by atoms with Crippen LogP contribution in [0, 0.1) is 17.1 Å². The van der Waals surface area contributed by atoms with Crippen LogP contribution in [0.1, 0.15) is 27.0 Å². The average Bonchev–Trinajstić information content (AvgIpc) is 2.90. The fraction of sp³-hybridized carbons (Fsp3) is 0.222. The van der Waals surface area contributed by atoms with Crippen molar-refractivity contribution in [3.63, 3.8) is 0 Å². The van der Waals surface area contributed by atoms with Crippen molar-refractivity contribution in [1.82, 2.24) is 0 Å². The summed E-state index contributed by atoms with van der Waals surface area (Å²) in [7, 11) is 0. The van der Waals surface area contributed by atoms with Crippen molar-refractivity contribution in [2.45, 2.75) is 23.6 Å². The van der Waals surface area contributed by atoms with Crippen molar-refractivity contribution < 1.29 is 41.0 Å². The highest BCUT2D eigenvalue weighted by Crippen LogP contribution is 2.66. The largest absolute Gasteiger partial charge is 0.456 e. The standard InChI is InChI=1S/C18H7F6NO3/c19-8-3-7(6-25)4-9(5-8)28-11-2-1-10-13-12(11)14(26)15(20)16(13,27)18(23,24)17(10,21)22/h1-5,15,27H. The molecule has 0 fully saturated rings. The van der Waals surface area contributed by atoms with Crippen LogP contribution >= 0.6 is 0 Å². The third-order valence-electron chi connectivity index (χ3n) is 4.83. The highest BCUT2D eigenvalue weighted by Gasteiger charge is 2.82. The van der Waals surface area contributed by atoms with Gasteiger partial charge in [0.05, 0.1) is 17.2 Å². The van der Waals surface area contributed by atoms with Crippen molar-refractivity contribution in [2.24, 2.45) is 0 Å². The first kappa shape index (κ1) is 18.3. The highest BCUT2D eigenvalue weighted by molar-refractivity contribution is 6.09. The van der Waals surface area contributed by atoms with E-state index < -0.39 is 57.7 Å². The summed E-state index contributed by atoms with van der Waals surface area (Å²) in [6, 6.07) is 5.50. The van der Waals surface area contributed by atoms with Gasteiger partial charge in [-0.15, -0.1) is 0 Å². The molecule has 1 N–H and O–H groups in total. The Bertz CT molecular complexity index is 1090. The molecule has 144 valence electrons. The molecule has 2 aromatic carbocycles. The van der Waals surface area contributed by atoms with Crippen LogP contribution in [-0.4, -0.2) is 23.0 Å². The number of Topliss-reactive ketones (excluding diaryl/α,β-unsaturated/α-hetero) is 1. The Kier molecular flexibility index (Phi) is 3.44. The SMILES string of the molecule is N#Cc1cc(F)cc(Oc2ccc3c4c2C(=O)C(F)C4(O)C(F)(F)C3(F)F)c1. The number of rotatable bonds is 2. The number of nitriles is 1. The minimum absolute atomic E-state index is 0.183. The van der Waals surface area contributed by atoms with E-state index in [1.807, 2.05) is 0 Å². The molecule has 10 heteroatoms. The maximum absolute atomic E-state index is 14.4. The van der Waals surface area contributed by atoms with Crippen LogP contribution in [0.2, 0.25) is 0 Å². The molecular weight excluding hydrogens is 392 g/mol. The van der Waals surface area contributed by atoms with E-state index in [1.54, 1.807) is 6.07 Å². The van der Waals surface area contributed by atoms with Crippen LogP contribution in [0.5, 0.6) is 11.5 Å². The number of halogens is 6. The third kappa shape index (κ3) is 1.91. The molecule has 0 saturated heterocycles. The van der Waals surface area contributed by atoms with Gasteiger partial charge in [0.2, 0.25) is 17.6 Å². The van der Waals surface area contributed by atoms with Crippen LogP contribution in [0.15, 0.2) is 30.3 Å². The average molecular weight is 399 g/mol. The lowest BCUT2D eigenvalue weighted by Crippen LogP contribution is -2.53. The van der Waals surface area contributed by atoms with Gasteiger partial charge >= 0.3 is 11.8 Å². The minimum atomic E-state index is -5.28. The van der Waals surface area contributed by atoms with Crippen molar-refractivity contribution in [1.29, 1.82) is 5.26 Å². The van der Waals surface area contributed by atoms with Gasteiger partial charge in [-0.1, -0.05) is 0 Å². The normalized spacial score (nSPS) is 26.1. The minimum Gasteiger partial charge on any atom is -0.456 e. The number of benzene rings is 2. The lowest BCUT2D eigenvalue weighted by atomic mass is 9.93. The van der Waals surface area contributed by atoms with Crippen molar-refractivity contribution in [3.8, 4) is 17.6 Å². The number of hydrogen-bond donors (Lipinski definition) is 1. The Morgan fingerprint density at radius 3 is 2.46 bits per heavy atom. The number of ether oxygens (including phenoxy) is 1. The molecule has 2 aliphatic rings. The van der Waals surface area contributed by atoms with Crippen LogP contribution in [-0.2, 0) is 11.5 Å². The molecule has 0 spiro atoms. The van der Waals surface area contributed by atoms with E-state index >= 15 is 0 Å². The Morgan fingerprint density at radius 2 is 1.82 bits per heavy atom. The first-order chi connectivity index (χ1) is 13.0. The number of ketones is 1. The summed E-state index contributed by atoms with van der Waals surface area (Å²) in [5.41, 5.74) is -7.87. The number of carbonyl (C=O) groups is 1. The van der Waals surface area contributed by atoms with Gasteiger partial charge in [-0.2, -0.15) is 22.8 Å². The predicted octanol–water partition coefficient (Wildman–Crippen LogP) is 3.95. The summed E-state index contributed by atoms with van der Waals surface area (Å²) < 4.78 is 89.8. The molecule has 0 saturated carbocycles. The summed E-state index contributed by atoms with van der Waals surface area (Å²) in [6.45, 7) is 0. The van der Waals surface area contributed by atoms with Gasteiger partial charge in [-0.05, 0) is 24.3 Å². The Balaban J connectivity index is 1.93. The van der Waals surface area contributed by atoms with Gasteiger partial charge in [0.25, 0.3) is 0 Å². The summed E-state index contributed by atoms with van der Waals surface area (Å²) in [5, 5.41) is 19.0. The summed E-state index contributed by atoms with van der Waals surface area (Å²) in [6.07, 6.45) is -3.35. The maximum atomic E-state index is 14.4. The first-order valence-electron chi connectivity index (χ1n) is 7.69. The van der Waals surface area contributed by atoms with Gasteiger partial charge in [0.15, 0.2) is 0 Å². The third-order valence-corrected chi connectivity index (χ3v) is 4.83. The number of nitrogens with zero attached hydrogens (tertiary/aromatic N) is 1. The molecule has 0 heterocycles. The fourth-order valence-corrected chi connectivity index (χ4v) is 3.55. The Labute approximate surface area is 152 Å². The Morgan fingerprint density at radius 1 is 1.14 bits per heavy atom. The van der Waals surface area contributed by atoms with Gasteiger partial charge in [-0.25, -0.2) is 8.78 Å². The van der Waals surface area contributed by atoms with E-state index in [1.165, 1.54) is 0 Å². The van der Waals surface area contributed by atoms with E-state index in [0.29, 0.717) is 6.07 Å². The van der Waals surface area contributed by atoms with E-state index in [0.717, 1.165) is 24.3 Å². The smallest absolute Gasteiger partial charge is 0.350 e. The number of aliphatic hydroxyl groups is 1. The molecule has 0 aliphatic heterocycles. The number of carbonyl (C=O) groups excluding carboxylic acids is 1. The highest BCUT2D eigenvalue weighted by atomic mass is 19.3. The van der Waals surface area contributed by atoms with E-state index in [4.69, 9.17) is 10.00 Å². The van der Waals surface area contributed by atoms with Gasteiger partial charge in [-0.3, -0.25) is 4.79 Å². The molecule has 2 aliphatic carbocycles. The molecule has 0 bridgehead atoms. The summed E-state index contributed by atoms with van der Waals surface area (Å²) in [4.78, 5) is 12.2. The molecule has 2 aromatic rings. The molecule has 28 heavy (non-hydrogen) atoms.